The fourth-order valence-electron chi connectivity index (χ4n) is 2.44. The van der Waals surface area contributed by atoms with Crippen LogP contribution in [0.15, 0.2) is 42.5 Å². The van der Waals surface area contributed by atoms with Gasteiger partial charge < -0.3 is 14.8 Å². The first kappa shape index (κ1) is 17.3. The van der Waals surface area contributed by atoms with Crippen molar-refractivity contribution in [3.05, 3.63) is 59.7 Å². The van der Waals surface area contributed by atoms with Gasteiger partial charge in [0.05, 0.1) is 32.0 Å². The van der Waals surface area contributed by atoms with Gasteiger partial charge in [0.15, 0.2) is 17.3 Å². The summed E-state index contributed by atoms with van der Waals surface area (Å²) in [7, 11) is 2.95. The summed E-state index contributed by atoms with van der Waals surface area (Å²) < 4.78 is 25.2. The zero-order valence-corrected chi connectivity index (χ0v) is 14.1. The maximum absolute atomic E-state index is 13.4. The zero-order chi connectivity index (χ0) is 18.5. The summed E-state index contributed by atoms with van der Waals surface area (Å²) in [6.07, 6.45) is 0. The van der Waals surface area contributed by atoms with Gasteiger partial charge in [-0.1, -0.05) is 12.1 Å². The molecule has 0 aliphatic heterocycles. The quantitative estimate of drug-likeness (QED) is 0.723. The first-order valence-electron chi connectivity index (χ1n) is 7.66. The van der Waals surface area contributed by atoms with E-state index in [4.69, 9.17) is 9.47 Å². The van der Waals surface area contributed by atoms with Crippen molar-refractivity contribution in [1.82, 2.24) is 25.5 Å². The lowest BCUT2D eigenvalue weighted by Gasteiger charge is -2.12. The van der Waals surface area contributed by atoms with Crippen molar-refractivity contribution in [2.24, 2.45) is 0 Å². The summed E-state index contributed by atoms with van der Waals surface area (Å²) in [6.45, 7) is 0.0444. The van der Waals surface area contributed by atoms with E-state index in [1.54, 1.807) is 30.3 Å². The van der Waals surface area contributed by atoms with E-state index in [-0.39, 0.29) is 12.5 Å². The van der Waals surface area contributed by atoms with Gasteiger partial charge in [0.2, 0.25) is 0 Å². The molecule has 0 unspecified atom stereocenters. The number of tetrazole rings is 1. The molecular formula is C17H16FN5O3. The number of nitrogens with one attached hydrogen (secondary N) is 1. The molecule has 3 aromatic rings. The van der Waals surface area contributed by atoms with Crippen LogP contribution in [0.5, 0.6) is 11.5 Å². The molecule has 8 nitrogen and oxygen atoms in total. The highest BCUT2D eigenvalue weighted by molar-refractivity contribution is 5.97. The Labute approximate surface area is 148 Å². The minimum absolute atomic E-state index is 0.0444. The number of benzene rings is 2. The topological polar surface area (TPSA) is 91.2 Å². The fourth-order valence-corrected chi connectivity index (χ4v) is 2.44. The fraction of sp³-hybridized carbons (Fsp3) is 0.176. The van der Waals surface area contributed by atoms with Crippen molar-refractivity contribution >= 4 is 5.91 Å². The second-order valence-corrected chi connectivity index (χ2v) is 5.21. The Bertz CT molecular complexity index is 928. The number of halogens is 1. The van der Waals surface area contributed by atoms with E-state index in [1.165, 1.54) is 31.0 Å². The predicted molar refractivity (Wildman–Crippen MR) is 89.8 cm³/mol. The number of ether oxygens (including phenoxy) is 2. The lowest BCUT2D eigenvalue weighted by molar-refractivity contribution is 0.0946. The standard InChI is InChI=1S/C17H16FN5O3/c1-25-14-8-4-7-13(16(14)26-2)17(24)19-10-15-20-21-22-23(15)12-6-3-5-11(18)9-12/h3-9H,10H2,1-2H3,(H,19,24). The molecule has 0 spiro atoms. The molecule has 2 aromatic carbocycles. The van der Waals surface area contributed by atoms with Crippen molar-refractivity contribution < 1.29 is 18.7 Å². The number of hydrogen-bond acceptors (Lipinski definition) is 6. The Morgan fingerprint density at radius 2 is 2.00 bits per heavy atom. The number of hydrogen-bond donors (Lipinski definition) is 1. The molecule has 0 aliphatic rings. The van der Waals surface area contributed by atoms with E-state index in [1.807, 2.05) is 0 Å². The van der Waals surface area contributed by atoms with Crippen LogP contribution in [0, 0.1) is 5.82 Å². The Morgan fingerprint density at radius 3 is 2.73 bits per heavy atom. The number of para-hydroxylation sites is 1. The lowest BCUT2D eigenvalue weighted by atomic mass is 10.1. The Balaban J connectivity index is 1.79. The third-order valence-corrected chi connectivity index (χ3v) is 3.64. The van der Waals surface area contributed by atoms with E-state index >= 15 is 0 Å². The van der Waals surface area contributed by atoms with Gasteiger partial charge in [0.1, 0.15) is 5.82 Å². The van der Waals surface area contributed by atoms with Crippen molar-refractivity contribution in [2.75, 3.05) is 14.2 Å². The van der Waals surface area contributed by atoms with E-state index in [0.29, 0.717) is 28.6 Å². The lowest BCUT2D eigenvalue weighted by Crippen LogP contribution is -2.25. The normalized spacial score (nSPS) is 10.4. The SMILES string of the molecule is COc1cccc(C(=O)NCc2nnnn2-c2cccc(F)c2)c1OC. The van der Waals surface area contributed by atoms with Gasteiger partial charge in [0, 0.05) is 0 Å². The highest BCUT2D eigenvalue weighted by atomic mass is 19.1. The average Bonchev–Trinajstić information content (AvgIpc) is 3.14. The maximum atomic E-state index is 13.4. The molecule has 26 heavy (non-hydrogen) atoms. The summed E-state index contributed by atoms with van der Waals surface area (Å²) in [5.74, 6) is 0.344. The molecule has 0 bridgehead atoms. The third-order valence-electron chi connectivity index (χ3n) is 3.64. The number of aromatic nitrogens is 4. The molecule has 1 aromatic heterocycles. The molecule has 1 amide bonds. The van der Waals surface area contributed by atoms with Gasteiger partial charge in [-0.15, -0.1) is 5.10 Å². The van der Waals surface area contributed by atoms with E-state index in [0.717, 1.165) is 0 Å². The first-order valence-corrected chi connectivity index (χ1v) is 7.66. The van der Waals surface area contributed by atoms with Crippen molar-refractivity contribution in [1.29, 1.82) is 0 Å². The summed E-state index contributed by atoms with van der Waals surface area (Å²) in [4.78, 5) is 12.5. The number of methoxy groups -OCH3 is 2. The molecule has 0 radical (unpaired) electrons. The minimum atomic E-state index is -0.408. The third kappa shape index (κ3) is 3.46. The van der Waals surface area contributed by atoms with E-state index < -0.39 is 5.82 Å². The molecule has 0 aliphatic carbocycles. The Morgan fingerprint density at radius 1 is 1.19 bits per heavy atom. The summed E-state index contributed by atoms with van der Waals surface area (Å²) in [6, 6.07) is 10.8. The second-order valence-electron chi connectivity index (χ2n) is 5.21. The zero-order valence-electron chi connectivity index (χ0n) is 14.1. The van der Waals surface area contributed by atoms with Crippen LogP contribution in [-0.4, -0.2) is 40.3 Å². The van der Waals surface area contributed by atoms with Gasteiger partial charge in [-0.05, 0) is 40.8 Å². The highest BCUT2D eigenvalue weighted by Crippen LogP contribution is 2.30. The van der Waals surface area contributed by atoms with Crippen LogP contribution in [0.3, 0.4) is 0 Å². The number of rotatable bonds is 6. The average molecular weight is 357 g/mol. The molecule has 1 heterocycles. The first-order chi connectivity index (χ1) is 12.6. The smallest absolute Gasteiger partial charge is 0.255 e. The molecule has 0 fully saturated rings. The largest absolute Gasteiger partial charge is 0.493 e. The number of carbonyl (C=O) groups excluding carboxylic acids is 1. The van der Waals surface area contributed by atoms with E-state index in [9.17, 15) is 9.18 Å². The molecule has 9 heteroatoms. The molecule has 134 valence electrons. The van der Waals surface area contributed by atoms with Gasteiger partial charge in [-0.25, -0.2) is 4.39 Å². The number of carbonyl (C=O) groups is 1. The van der Waals surface area contributed by atoms with Crippen LogP contribution in [0.1, 0.15) is 16.2 Å². The van der Waals surface area contributed by atoms with Gasteiger partial charge in [0.25, 0.3) is 5.91 Å². The Kier molecular flexibility index (Phi) is 5.07. The second kappa shape index (κ2) is 7.60. The molecule has 1 N–H and O–H groups in total. The van der Waals surface area contributed by atoms with Crippen LogP contribution in [-0.2, 0) is 6.54 Å². The minimum Gasteiger partial charge on any atom is -0.493 e. The van der Waals surface area contributed by atoms with Crippen LogP contribution >= 0.6 is 0 Å². The van der Waals surface area contributed by atoms with Crippen LogP contribution in [0.2, 0.25) is 0 Å². The molecule has 0 atom stereocenters. The summed E-state index contributed by atoms with van der Waals surface area (Å²) in [5.41, 5.74) is 0.773. The summed E-state index contributed by atoms with van der Waals surface area (Å²) in [5, 5.41) is 14.0. The van der Waals surface area contributed by atoms with Gasteiger partial charge in [-0.3, -0.25) is 4.79 Å². The van der Waals surface area contributed by atoms with Gasteiger partial charge in [-0.2, -0.15) is 4.68 Å². The van der Waals surface area contributed by atoms with Crippen LogP contribution in [0.25, 0.3) is 5.69 Å². The number of nitrogens with zero attached hydrogens (tertiary/aromatic N) is 4. The predicted octanol–water partition coefficient (Wildman–Crippen LogP) is 1.75. The van der Waals surface area contributed by atoms with Crippen LogP contribution in [0.4, 0.5) is 4.39 Å². The van der Waals surface area contributed by atoms with Crippen molar-refractivity contribution in [3.63, 3.8) is 0 Å². The monoisotopic (exact) mass is 357 g/mol. The van der Waals surface area contributed by atoms with Crippen LogP contribution < -0.4 is 14.8 Å². The number of amides is 1. The van der Waals surface area contributed by atoms with Gasteiger partial charge >= 0.3 is 0 Å². The Hall–Kier alpha value is -3.49. The van der Waals surface area contributed by atoms with Crippen molar-refractivity contribution in [3.8, 4) is 17.2 Å². The van der Waals surface area contributed by atoms with Crippen molar-refractivity contribution in [2.45, 2.75) is 6.54 Å². The molecule has 0 saturated carbocycles. The molecule has 0 saturated heterocycles. The highest BCUT2D eigenvalue weighted by Gasteiger charge is 2.17. The molecular weight excluding hydrogens is 341 g/mol. The summed E-state index contributed by atoms with van der Waals surface area (Å²) >= 11 is 0. The van der Waals surface area contributed by atoms with E-state index in [2.05, 4.69) is 20.8 Å². The molecule has 3 rings (SSSR count). The maximum Gasteiger partial charge on any atom is 0.255 e.